The molecule has 1 aromatic carbocycles. The summed E-state index contributed by atoms with van der Waals surface area (Å²) in [5.74, 6) is -1.49. The lowest BCUT2D eigenvalue weighted by atomic mass is 10.1. The molecule has 0 aromatic heterocycles. The van der Waals surface area contributed by atoms with Gasteiger partial charge in [0, 0.05) is 6.07 Å². The lowest BCUT2D eigenvalue weighted by Crippen LogP contribution is -2.10. The van der Waals surface area contributed by atoms with Crippen LogP contribution in [0.1, 0.15) is 22.8 Å². The molecule has 0 unspecified atom stereocenters. The van der Waals surface area contributed by atoms with Crippen LogP contribution in [0.4, 0.5) is 4.39 Å². The zero-order chi connectivity index (χ0) is 12.1. The zero-order valence-corrected chi connectivity index (χ0v) is 8.91. The van der Waals surface area contributed by atoms with Crippen LogP contribution in [-0.4, -0.2) is 19.7 Å². The molecule has 0 N–H and O–H groups in total. The van der Waals surface area contributed by atoms with E-state index in [9.17, 15) is 9.18 Å². The van der Waals surface area contributed by atoms with Crippen LogP contribution in [0.5, 0.6) is 5.75 Å². The van der Waals surface area contributed by atoms with Crippen molar-refractivity contribution in [2.24, 2.45) is 0 Å². The number of methoxy groups -OCH3 is 1. The predicted octanol–water partition coefficient (Wildman–Crippen LogP) is 1.88. The van der Waals surface area contributed by atoms with E-state index in [1.54, 1.807) is 13.0 Å². The molecule has 84 valence electrons. The van der Waals surface area contributed by atoms with Gasteiger partial charge in [0.1, 0.15) is 23.2 Å². The molecule has 0 fully saturated rings. The first-order valence-corrected chi connectivity index (χ1v) is 4.58. The van der Waals surface area contributed by atoms with E-state index in [0.717, 1.165) is 6.07 Å². The maximum absolute atomic E-state index is 13.5. The molecule has 5 heteroatoms. The number of ether oxygens (including phenoxy) is 2. The van der Waals surface area contributed by atoms with Crippen LogP contribution in [-0.2, 0) is 4.74 Å². The molecule has 0 amide bonds. The van der Waals surface area contributed by atoms with Gasteiger partial charge in [-0.3, -0.25) is 0 Å². The molecule has 0 aliphatic carbocycles. The molecular weight excluding hydrogens is 213 g/mol. The summed E-state index contributed by atoms with van der Waals surface area (Å²) in [6, 6.07) is 4.05. The summed E-state index contributed by atoms with van der Waals surface area (Å²) in [5.41, 5.74) is -0.458. The number of rotatable bonds is 3. The molecule has 0 radical (unpaired) electrons. The van der Waals surface area contributed by atoms with Crippen molar-refractivity contribution in [1.82, 2.24) is 0 Å². The minimum absolute atomic E-state index is 0.102. The molecule has 16 heavy (non-hydrogen) atoms. The third-order valence-electron chi connectivity index (χ3n) is 1.90. The summed E-state index contributed by atoms with van der Waals surface area (Å²) in [4.78, 5) is 11.4. The van der Waals surface area contributed by atoms with Gasteiger partial charge in [-0.1, -0.05) is 0 Å². The highest BCUT2D eigenvalue weighted by atomic mass is 19.1. The second-order valence-corrected chi connectivity index (χ2v) is 2.86. The monoisotopic (exact) mass is 223 g/mol. The van der Waals surface area contributed by atoms with Crippen LogP contribution in [0.15, 0.2) is 12.1 Å². The van der Waals surface area contributed by atoms with Gasteiger partial charge in [-0.2, -0.15) is 5.26 Å². The Morgan fingerprint density at radius 2 is 2.25 bits per heavy atom. The minimum Gasteiger partial charge on any atom is -0.497 e. The van der Waals surface area contributed by atoms with E-state index < -0.39 is 11.8 Å². The molecular formula is C11H10FNO3. The van der Waals surface area contributed by atoms with E-state index in [0.29, 0.717) is 0 Å². The molecule has 0 aliphatic rings. The molecule has 1 rings (SSSR count). The fraction of sp³-hybridized carbons (Fsp3) is 0.273. The summed E-state index contributed by atoms with van der Waals surface area (Å²) in [6.07, 6.45) is 0. The van der Waals surface area contributed by atoms with Gasteiger partial charge in [0.2, 0.25) is 0 Å². The maximum atomic E-state index is 13.5. The van der Waals surface area contributed by atoms with Crippen molar-refractivity contribution in [2.75, 3.05) is 13.7 Å². The van der Waals surface area contributed by atoms with Crippen LogP contribution in [0.25, 0.3) is 0 Å². The van der Waals surface area contributed by atoms with E-state index in [1.165, 1.54) is 13.2 Å². The van der Waals surface area contributed by atoms with Crippen molar-refractivity contribution < 1.29 is 18.7 Å². The van der Waals surface area contributed by atoms with E-state index in [4.69, 9.17) is 10.00 Å². The number of nitrogens with zero attached hydrogens (tertiary/aromatic N) is 1. The lowest BCUT2D eigenvalue weighted by molar-refractivity contribution is 0.0520. The quantitative estimate of drug-likeness (QED) is 0.734. The third kappa shape index (κ3) is 2.28. The molecule has 4 nitrogen and oxygen atoms in total. The highest BCUT2D eigenvalue weighted by Gasteiger charge is 2.19. The number of hydrogen-bond acceptors (Lipinski definition) is 4. The Hall–Kier alpha value is -2.09. The molecule has 1 aromatic rings. The number of carbonyl (C=O) groups is 1. The van der Waals surface area contributed by atoms with Gasteiger partial charge in [0.05, 0.1) is 19.3 Å². The van der Waals surface area contributed by atoms with Crippen LogP contribution in [0, 0.1) is 17.1 Å². The van der Waals surface area contributed by atoms with Crippen LogP contribution < -0.4 is 4.74 Å². The first-order chi connectivity index (χ1) is 7.63. The van der Waals surface area contributed by atoms with E-state index in [1.807, 2.05) is 0 Å². The van der Waals surface area contributed by atoms with Gasteiger partial charge in [-0.15, -0.1) is 0 Å². The normalized spacial score (nSPS) is 9.38. The van der Waals surface area contributed by atoms with Gasteiger partial charge >= 0.3 is 5.97 Å². The van der Waals surface area contributed by atoms with Crippen molar-refractivity contribution in [2.45, 2.75) is 6.92 Å². The Balaban J connectivity index is 3.28. The van der Waals surface area contributed by atoms with Gasteiger partial charge < -0.3 is 9.47 Å². The van der Waals surface area contributed by atoms with E-state index >= 15 is 0 Å². The lowest BCUT2D eigenvalue weighted by Gasteiger charge is -2.07. The first kappa shape index (κ1) is 12.0. The number of nitriles is 1. The Morgan fingerprint density at radius 3 is 2.75 bits per heavy atom. The fourth-order valence-electron chi connectivity index (χ4n) is 1.20. The largest absolute Gasteiger partial charge is 0.497 e. The number of benzene rings is 1. The van der Waals surface area contributed by atoms with Gasteiger partial charge in [-0.25, -0.2) is 9.18 Å². The average Bonchev–Trinajstić information content (AvgIpc) is 2.27. The molecule has 0 saturated carbocycles. The van der Waals surface area contributed by atoms with Crippen molar-refractivity contribution in [1.29, 1.82) is 5.26 Å². The fourth-order valence-corrected chi connectivity index (χ4v) is 1.20. The topological polar surface area (TPSA) is 59.3 Å². The summed E-state index contributed by atoms with van der Waals surface area (Å²) in [6.45, 7) is 1.72. The predicted molar refractivity (Wildman–Crippen MR) is 53.6 cm³/mol. The number of esters is 1. The standard InChI is InChI=1S/C11H10FNO3/c1-3-16-11(14)10-7(6-13)4-8(15-2)5-9(10)12/h4-5H,3H2,1-2H3. The Labute approximate surface area is 92.2 Å². The molecule has 0 aliphatic heterocycles. The second-order valence-electron chi connectivity index (χ2n) is 2.86. The number of carbonyl (C=O) groups excluding carboxylic acids is 1. The number of halogens is 1. The Bertz CT molecular complexity index is 451. The van der Waals surface area contributed by atoms with Crippen molar-refractivity contribution >= 4 is 5.97 Å². The van der Waals surface area contributed by atoms with E-state index in [2.05, 4.69) is 4.74 Å². The Morgan fingerprint density at radius 1 is 1.56 bits per heavy atom. The summed E-state index contributed by atoms with van der Waals surface area (Å²) in [7, 11) is 1.35. The first-order valence-electron chi connectivity index (χ1n) is 4.58. The third-order valence-corrected chi connectivity index (χ3v) is 1.90. The Kier molecular flexibility index (Phi) is 3.84. The average molecular weight is 223 g/mol. The van der Waals surface area contributed by atoms with Gasteiger partial charge in [-0.05, 0) is 13.0 Å². The van der Waals surface area contributed by atoms with Gasteiger partial charge in [0.25, 0.3) is 0 Å². The highest BCUT2D eigenvalue weighted by Crippen LogP contribution is 2.21. The zero-order valence-electron chi connectivity index (χ0n) is 8.91. The van der Waals surface area contributed by atoms with E-state index in [-0.39, 0.29) is 23.5 Å². The smallest absolute Gasteiger partial charge is 0.342 e. The van der Waals surface area contributed by atoms with Crippen LogP contribution >= 0.6 is 0 Å². The molecule has 0 atom stereocenters. The van der Waals surface area contributed by atoms with Crippen LogP contribution in [0.2, 0.25) is 0 Å². The summed E-state index contributed by atoms with van der Waals surface area (Å²) in [5, 5.41) is 8.80. The van der Waals surface area contributed by atoms with Crippen molar-refractivity contribution in [3.05, 3.63) is 29.1 Å². The molecule has 0 saturated heterocycles. The van der Waals surface area contributed by atoms with Crippen molar-refractivity contribution in [3.63, 3.8) is 0 Å². The maximum Gasteiger partial charge on any atom is 0.342 e. The SMILES string of the molecule is CCOC(=O)c1c(F)cc(OC)cc1C#N. The number of hydrogen-bond donors (Lipinski definition) is 0. The minimum atomic E-state index is -0.848. The van der Waals surface area contributed by atoms with Crippen LogP contribution in [0.3, 0.4) is 0 Å². The molecule has 0 spiro atoms. The second kappa shape index (κ2) is 5.12. The molecule has 0 heterocycles. The summed E-state index contributed by atoms with van der Waals surface area (Å²) >= 11 is 0. The highest BCUT2D eigenvalue weighted by molar-refractivity contribution is 5.92. The van der Waals surface area contributed by atoms with Gasteiger partial charge in [0.15, 0.2) is 0 Å². The van der Waals surface area contributed by atoms with Crippen molar-refractivity contribution in [3.8, 4) is 11.8 Å². The molecule has 0 bridgehead atoms. The summed E-state index contributed by atoms with van der Waals surface area (Å²) < 4.78 is 23.0.